The van der Waals surface area contributed by atoms with Crippen molar-refractivity contribution in [1.29, 1.82) is 0 Å². The highest BCUT2D eigenvalue weighted by atomic mass is 35.5. The number of hydrogen-bond donors (Lipinski definition) is 2. The smallest absolute Gasteiger partial charge is 0.341 e. The average molecular weight is 385 g/mol. The number of carbonyl (C=O) groups excluding carboxylic acids is 1. The van der Waals surface area contributed by atoms with Gasteiger partial charge in [-0.15, -0.1) is 12.4 Å². The minimum atomic E-state index is -4.71. The van der Waals surface area contributed by atoms with Crippen LogP contribution < -0.4 is 11.1 Å². The van der Waals surface area contributed by atoms with Crippen LogP contribution in [0.25, 0.3) is 0 Å². The van der Waals surface area contributed by atoms with Crippen LogP contribution in [0.1, 0.15) is 12.8 Å². The standard InChI is InChI=1S/C14H18F2N2O4S.ClH/c15-14(16)23(20,21)11-3-1-2-10(8-11)18-13(19)12(17)9-4-6-22-7-5-9;/h1-3,8-9,12,14H,4-7,17H2,(H,18,19);1H. The lowest BCUT2D eigenvalue weighted by atomic mass is 9.92. The Morgan fingerprint density at radius 1 is 1.29 bits per heavy atom. The predicted octanol–water partition coefficient (Wildman–Crippen LogP) is 1.80. The summed E-state index contributed by atoms with van der Waals surface area (Å²) >= 11 is 0. The molecule has 10 heteroatoms. The van der Waals surface area contributed by atoms with Crippen LogP contribution in [0.4, 0.5) is 14.5 Å². The third-order valence-corrected chi connectivity index (χ3v) is 5.12. The van der Waals surface area contributed by atoms with Crippen LogP contribution in [-0.2, 0) is 19.4 Å². The Bertz CT molecular complexity index is 666. The van der Waals surface area contributed by atoms with Gasteiger partial charge in [-0.2, -0.15) is 8.78 Å². The summed E-state index contributed by atoms with van der Waals surface area (Å²) in [7, 11) is -4.71. The van der Waals surface area contributed by atoms with Gasteiger partial charge in [0, 0.05) is 18.9 Å². The summed E-state index contributed by atoms with van der Waals surface area (Å²) in [6, 6.07) is 3.98. The largest absolute Gasteiger partial charge is 0.381 e. The number of anilines is 1. The van der Waals surface area contributed by atoms with E-state index in [4.69, 9.17) is 10.5 Å². The van der Waals surface area contributed by atoms with Crippen molar-refractivity contribution < 1.29 is 26.7 Å². The first kappa shape index (κ1) is 20.8. The van der Waals surface area contributed by atoms with Crippen molar-refractivity contribution in [2.75, 3.05) is 18.5 Å². The van der Waals surface area contributed by atoms with Gasteiger partial charge in [-0.25, -0.2) is 8.42 Å². The molecule has 1 amide bonds. The van der Waals surface area contributed by atoms with E-state index in [0.29, 0.717) is 26.1 Å². The molecular formula is C14H19ClF2N2O4S. The molecule has 0 bridgehead atoms. The van der Waals surface area contributed by atoms with E-state index in [1.165, 1.54) is 12.1 Å². The molecule has 0 aromatic heterocycles. The summed E-state index contributed by atoms with van der Waals surface area (Å²) in [6.07, 6.45) is 1.32. The number of nitrogens with one attached hydrogen (secondary N) is 1. The van der Waals surface area contributed by atoms with Gasteiger partial charge in [0.1, 0.15) is 0 Å². The minimum absolute atomic E-state index is 0. The Labute approximate surface area is 145 Å². The van der Waals surface area contributed by atoms with Crippen molar-refractivity contribution in [3.05, 3.63) is 24.3 Å². The molecule has 1 aromatic rings. The number of benzene rings is 1. The summed E-state index contributed by atoms with van der Waals surface area (Å²) in [5, 5.41) is 2.48. The molecule has 1 unspecified atom stereocenters. The zero-order valence-corrected chi connectivity index (χ0v) is 14.3. The summed E-state index contributed by atoms with van der Waals surface area (Å²) in [4.78, 5) is 11.6. The van der Waals surface area contributed by atoms with Crippen LogP contribution >= 0.6 is 12.4 Å². The number of nitrogens with two attached hydrogens (primary N) is 1. The lowest BCUT2D eigenvalue weighted by Gasteiger charge is -2.26. The number of halogens is 3. The van der Waals surface area contributed by atoms with Crippen molar-refractivity contribution in [3.8, 4) is 0 Å². The van der Waals surface area contributed by atoms with Gasteiger partial charge in [0.05, 0.1) is 10.9 Å². The molecule has 1 atom stereocenters. The number of hydrogen-bond acceptors (Lipinski definition) is 5. The molecule has 0 saturated carbocycles. The number of rotatable bonds is 5. The lowest BCUT2D eigenvalue weighted by Crippen LogP contribution is -2.44. The van der Waals surface area contributed by atoms with E-state index < -0.39 is 32.4 Å². The number of sulfone groups is 1. The zero-order valence-electron chi connectivity index (χ0n) is 12.7. The van der Waals surface area contributed by atoms with Gasteiger partial charge in [0.25, 0.3) is 0 Å². The normalized spacial score (nSPS) is 17.2. The maximum absolute atomic E-state index is 12.6. The number of carbonyl (C=O) groups is 1. The summed E-state index contributed by atoms with van der Waals surface area (Å²) in [6.45, 7) is 1.07. The molecule has 0 aliphatic carbocycles. The molecule has 1 heterocycles. The van der Waals surface area contributed by atoms with Crippen molar-refractivity contribution >= 4 is 33.8 Å². The Balaban J connectivity index is 0.00000288. The highest BCUT2D eigenvalue weighted by Gasteiger charge is 2.28. The molecule has 1 aliphatic rings. The molecule has 2 rings (SSSR count). The second kappa shape index (κ2) is 8.70. The fourth-order valence-corrected chi connectivity index (χ4v) is 3.13. The van der Waals surface area contributed by atoms with Crippen molar-refractivity contribution in [2.24, 2.45) is 11.7 Å². The van der Waals surface area contributed by atoms with E-state index in [1.54, 1.807) is 0 Å². The minimum Gasteiger partial charge on any atom is -0.381 e. The van der Waals surface area contributed by atoms with Gasteiger partial charge in [0.2, 0.25) is 15.7 Å². The van der Waals surface area contributed by atoms with Crippen LogP contribution in [0, 0.1) is 5.92 Å². The van der Waals surface area contributed by atoms with E-state index in [-0.39, 0.29) is 24.0 Å². The molecule has 0 radical (unpaired) electrons. The van der Waals surface area contributed by atoms with Crippen LogP contribution in [-0.4, -0.2) is 39.3 Å². The fraction of sp³-hybridized carbons (Fsp3) is 0.500. The summed E-state index contributed by atoms with van der Waals surface area (Å²) < 4.78 is 53.2. The molecule has 1 saturated heterocycles. The number of amides is 1. The molecule has 3 N–H and O–H groups in total. The van der Waals surface area contributed by atoms with Crippen molar-refractivity contribution in [2.45, 2.75) is 29.5 Å². The van der Waals surface area contributed by atoms with Crippen LogP contribution in [0.3, 0.4) is 0 Å². The monoisotopic (exact) mass is 384 g/mol. The fourth-order valence-electron chi connectivity index (χ4n) is 2.37. The van der Waals surface area contributed by atoms with Crippen molar-refractivity contribution in [1.82, 2.24) is 0 Å². The predicted molar refractivity (Wildman–Crippen MR) is 87.0 cm³/mol. The Morgan fingerprint density at radius 3 is 2.50 bits per heavy atom. The maximum Gasteiger partial charge on any atom is 0.341 e. The average Bonchev–Trinajstić information content (AvgIpc) is 2.55. The molecule has 1 aromatic carbocycles. The number of ether oxygens (including phenoxy) is 1. The third kappa shape index (κ3) is 4.85. The molecule has 136 valence electrons. The summed E-state index contributed by atoms with van der Waals surface area (Å²) in [5.74, 6) is -4.03. The van der Waals surface area contributed by atoms with Crippen LogP contribution in [0.5, 0.6) is 0 Å². The molecular weight excluding hydrogens is 366 g/mol. The van der Waals surface area contributed by atoms with E-state index >= 15 is 0 Å². The first-order valence-electron chi connectivity index (χ1n) is 7.08. The van der Waals surface area contributed by atoms with Gasteiger partial charge in [-0.05, 0) is 37.0 Å². The topological polar surface area (TPSA) is 98.5 Å². The zero-order chi connectivity index (χ0) is 17.0. The highest BCUT2D eigenvalue weighted by Crippen LogP contribution is 2.23. The molecule has 1 fully saturated rings. The van der Waals surface area contributed by atoms with Gasteiger partial charge >= 0.3 is 5.76 Å². The van der Waals surface area contributed by atoms with Gasteiger partial charge in [-0.1, -0.05) is 6.07 Å². The Hall–Kier alpha value is -1.29. The Morgan fingerprint density at radius 2 is 1.92 bits per heavy atom. The van der Waals surface area contributed by atoms with E-state index in [1.807, 2.05) is 0 Å². The third-order valence-electron chi connectivity index (χ3n) is 3.74. The second-order valence-electron chi connectivity index (χ2n) is 5.30. The van der Waals surface area contributed by atoms with Crippen molar-refractivity contribution in [3.63, 3.8) is 0 Å². The SMILES string of the molecule is Cl.NC(C(=O)Nc1cccc(S(=O)(=O)C(F)F)c1)C1CCOCC1. The molecule has 0 spiro atoms. The van der Waals surface area contributed by atoms with E-state index in [2.05, 4.69) is 5.32 Å². The first-order valence-corrected chi connectivity index (χ1v) is 8.63. The van der Waals surface area contributed by atoms with Crippen LogP contribution in [0.15, 0.2) is 29.2 Å². The summed E-state index contributed by atoms with van der Waals surface area (Å²) in [5.41, 5.74) is 6.02. The molecule has 1 aliphatic heterocycles. The van der Waals surface area contributed by atoms with Gasteiger partial charge in [-0.3, -0.25) is 4.79 Å². The molecule has 6 nitrogen and oxygen atoms in total. The molecule has 24 heavy (non-hydrogen) atoms. The van der Waals surface area contributed by atoms with E-state index in [9.17, 15) is 22.0 Å². The lowest BCUT2D eigenvalue weighted by molar-refractivity contribution is -0.119. The van der Waals surface area contributed by atoms with Gasteiger partial charge in [0.15, 0.2) is 0 Å². The highest BCUT2D eigenvalue weighted by molar-refractivity contribution is 7.91. The maximum atomic E-state index is 12.6. The second-order valence-corrected chi connectivity index (χ2v) is 7.22. The number of alkyl halides is 2. The quantitative estimate of drug-likeness (QED) is 0.806. The van der Waals surface area contributed by atoms with Crippen LogP contribution in [0.2, 0.25) is 0 Å². The first-order chi connectivity index (χ1) is 10.8. The Kier molecular flexibility index (Phi) is 7.53. The van der Waals surface area contributed by atoms with Gasteiger partial charge < -0.3 is 15.8 Å². The van der Waals surface area contributed by atoms with E-state index in [0.717, 1.165) is 12.1 Å².